The van der Waals surface area contributed by atoms with E-state index >= 15 is 0 Å². The Morgan fingerprint density at radius 2 is 1.93 bits per heavy atom. The summed E-state index contributed by atoms with van der Waals surface area (Å²) in [6, 6.07) is 13.9. The molecule has 2 N–H and O–H groups in total. The third kappa shape index (κ3) is 5.20. The molecule has 1 fully saturated rings. The molecule has 0 aliphatic heterocycles. The second-order valence-corrected chi connectivity index (χ2v) is 10.2. The molecule has 0 aromatic heterocycles. The second-order valence-electron chi connectivity index (χ2n) is 8.34. The van der Waals surface area contributed by atoms with Gasteiger partial charge in [0.2, 0.25) is 10.0 Å². The third-order valence-corrected chi connectivity index (χ3v) is 7.58. The van der Waals surface area contributed by atoms with Crippen molar-refractivity contribution in [1.82, 2.24) is 10.0 Å². The number of sulfonamides is 1. The van der Waals surface area contributed by atoms with E-state index in [9.17, 15) is 12.8 Å². The first kappa shape index (κ1) is 21.3. The highest BCUT2D eigenvalue weighted by Gasteiger charge is 2.33. The van der Waals surface area contributed by atoms with E-state index in [1.807, 2.05) is 25.2 Å². The molecule has 162 valence electrons. The van der Waals surface area contributed by atoms with Crippen LogP contribution >= 0.6 is 0 Å². The van der Waals surface area contributed by atoms with Crippen molar-refractivity contribution in [2.45, 2.75) is 37.6 Å². The normalized spacial score (nSPS) is 20.9. The van der Waals surface area contributed by atoms with Crippen LogP contribution in [-0.4, -0.2) is 40.4 Å². The van der Waals surface area contributed by atoms with Gasteiger partial charge in [0.1, 0.15) is 6.61 Å². The number of halogens is 1. The van der Waals surface area contributed by atoms with Gasteiger partial charge >= 0.3 is 0 Å². The van der Waals surface area contributed by atoms with Crippen LogP contribution in [0.5, 0.6) is 5.75 Å². The van der Waals surface area contributed by atoms with E-state index in [1.54, 1.807) is 12.1 Å². The van der Waals surface area contributed by atoms with Crippen molar-refractivity contribution in [2.75, 3.05) is 26.0 Å². The van der Waals surface area contributed by atoms with E-state index < -0.39 is 15.8 Å². The zero-order valence-electron chi connectivity index (χ0n) is 17.2. The Morgan fingerprint density at radius 3 is 2.63 bits per heavy atom. The van der Waals surface area contributed by atoms with Gasteiger partial charge in [-0.1, -0.05) is 30.3 Å². The summed E-state index contributed by atoms with van der Waals surface area (Å²) in [7, 11) is -1.34. The van der Waals surface area contributed by atoms with Crippen molar-refractivity contribution >= 4 is 10.0 Å². The summed E-state index contributed by atoms with van der Waals surface area (Å²) in [5.74, 6) is 0.480. The standard InChI is InChI=1S/C23H29FN2O3S/c1-25-22-13-18-12-21(24)23(29-10-9-26-30(27,28)15-17-7-8-17)14-19(18)20(22)11-16-5-3-2-4-6-16/h2-6,12,14,17,20,22,25-26H,7-11,13,15H2,1H3. The van der Waals surface area contributed by atoms with Gasteiger partial charge in [0.25, 0.3) is 0 Å². The first-order valence-corrected chi connectivity index (χ1v) is 12.2. The Kier molecular flexibility index (Phi) is 6.41. The summed E-state index contributed by atoms with van der Waals surface area (Å²) in [4.78, 5) is 0. The molecule has 4 rings (SSSR count). The van der Waals surface area contributed by atoms with Crippen LogP contribution in [0.15, 0.2) is 42.5 Å². The topological polar surface area (TPSA) is 67.4 Å². The highest BCUT2D eigenvalue weighted by atomic mass is 32.2. The Labute approximate surface area is 178 Å². The molecule has 2 aliphatic rings. The SMILES string of the molecule is CNC1Cc2cc(F)c(OCCNS(=O)(=O)CC3CC3)cc2C1Cc1ccccc1. The van der Waals surface area contributed by atoms with E-state index in [2.05, 4.69) is 22.2 Å². The number of rotatable bonds is 10. The molecule has 2 aromatic rings. The number of hydrogen-bond donors (Lipinski definition) is 2. The number of nitrogens with one attached hydrogen (secondary N) is 2. The van der Waals surface area contributed by atoms with Crippen molar-refractivity contribution in [3.05, 3.63) is 65.0 Å². The number of ether oxygens (including phenoxy) is 1. The van der Waals surface area contributed by atoms with Gasteiger partial charge in [0.15, 0.2) is 11.6 Å². The maximum Gasteiger partial charge on any atom is 0.211 e. The third-order valence-electron chi connectivity index (χ3n) is 6.02. The number of likely N-dealkylation sites (N-methyl/N-ethyl adjacent to an activating group) is 1. The van der Waals surface area contributed by atoms with Gasteiger partial charge < -0.3 is 10.1 Å². The summed E-state index contributed by atoms with van der Waals surface area (Å²) in [6.07, 6.45) is 3.61. The summed E-state index contributed by atoms with van der Waals surface area (Å²) < 4.78 is 46.7. The lowest BCUT2D eigenvalue weighted by molar-refractivity contribution is 0.306. The number of hydrogen-bond acceptors (Lipinski definition) is 4. The Balaban J connectivity index is 1.42. The fourth-order valence-electron chi connectivity index (χ4n) is 4.27. The summed E-state index contributed by atoms with van der Waals surface area (Å²) in [5.41, 5.74) is 3.35. The lowest BCUT2D eigenvalue weighted by atomic mass is 9.91. The molecule has 0 heterocycles. The molecular weight excluding hydrogens is 403 g/mol. The van der Waals surface area contributed by atoms with E-state index in [4.69, 9.17) is 4.74 Å². The molecule has 5 nitrogen and oxygen atoms in total. The number of fused-ring (bicyclic) bond motifs is 1. The maximum absolute atomic E-state index is 14.6. The Morgan fingerprint density at radius 1 is 1.17 bits per heavy atom. The molecule has 2 aliphatic carbocycles. The maximum atomic E-state index is 14.6. The van der Waals surface area contributed by atoms with E-state index in [1.165, 1.54) is 5.56 Å². The molecule has 2 aromatic carbocycles. The fraction of sp³-hybridized carbons (Fsp3) is 0.478. The van der Waals surface area contributed by atoms with Crippen LogP contribution < -0.4 is 14.8 Å². The predicted molar refractivity (Wildman–Crippen MR) is 116 cm³/mol. The van der Waals surface area contributed by atoms with Crippen LogP contribution in [-0.2, 0) is 22.9 Å². The quantitative estimate of drug-likeness (QED) is 0.567. The summed E-state index contributed by atoms with van der Waals surface area (Å²) in [5, 5.41) is 3.37. The first-order valence-electron chi connectivity index (χ1n) is 10.6. The monoisotopic (exact) mass is 432 g/mol. The molecule has 30 heavy (non-hydrogen) atoms. The van der Waals surface area contributed by atoms with Gasteiger partial charge in [-0.2, -0.15) is 0 Å². The lowest BCUT2D eigenvalue weighted by Gasteiger charge is -2.20. The van der Waals surface area contributed by atoms with Crippen LogP contribution in [0, 0.1) is 11.7 Å². The highest BCUT2D eigenvalue weighted by Crippen LogP contribution is 2.39. The molecule has 0 saturated heterocycles. The minimum Gasteiger partial charge on any atom is -0.489 e. The van der Waals surface area contributed by atoms with Crippen molar-refractivity contribution in [2.24, 2.45) is 5.92 Å². The minimum absolute atomic E-state index is 0.0956. The van der Waals surface area contributed by atoms with Crippen LogP contribution in [0.4, 0.5) is 4.39 Å². The zero-order chi connectivity index (χ0) is 21.1. The highest BCUT2D eigenvalue weighted by molar-refractivity contribution is 7.89. The van der Waals surface area contributed by atoms with Gasteiger partial charge in [-0.3, -0.25) is 0 Å². The largest absolute Gasteiger partial charge is 0.489 e. The second kappa shape index (κ2) is 9.04. The first-order chi connectivity index (χ1) is 14.4. The van der Waals surface area contributed by atoms with Crippen molar-refractivity contribution < 1.29 is 17.5 Å². The number of benzene rings is 2. The molecule has 0 spiro atoms. The minimum atomic E-state index is -3.28. The van der Waals surface area contributed by atoms with Crippen LogP contribution in [0.25, 0.3) is 0 Å². The van der Waals surface area contributed by atoms with Gasteiger partial charge in [-0.15, -0.1) is 0 Å². The molecule has 0 amide bonds. The van der Waals surface area contributed by atoms with E-state index in [0.717, 1.165) is 36.8 Å². The molecule has 0 radical (unpaired) electrons. The Bertz CT molecular complexity index is 977. The smallest absolute Gasteiger partial charge is 0.211 e. The van der Waals surface area contributed by atoms with Gasteiger partial charge in [-0.25, -0.2) is 17.5 Å². The average molecular weight is 433 g/mol. The predicted octanol–water partition coefficient (Wildman–Crippen LogP) is 3.00. The van der Waals surface area contributed by atoms with Gasteiger partial charge in [0, 0.05) is 18.5 Å². The molecule has 2 unspecified atom stereocenters. The fourth-order valence-corrected chi connectivity index (χ4v) is 5.74. The van der Waals surface area contributed by atoms with Crippen molar-refractivity contribution in [3.8, 4) is 5.75 Å². The Hall–Kier alpha value is -1.96. The van der Waals surface area contributed by atoms with Gasteiger partial charge in [-0.05, 0) is 67.5 Å². The van der Waals surface area contributed by atoms with Crippen molar-refractivity contribution in [3.63, 3.8) is 0 Å². The van der Waals surface area contributed by atoms with Crippen LogP contribution in [0.2, 0.25) is 0 Å². The molecular formula is C23H29FN2O3S. The van der Waals surface area contributed by atoms with E-state index in [0.29, 0.717) is 5.92 Å². The van der Waals surface area contributed by atoms with Crippen LogP contribution in [0.3, 0.4) is 0 Å². The molecule has 1 saturated carbocycles. The zero-order valence-corrected chi connectivity index (χ0v) is 18.1. The average Bonchev–Trinajstić information content (AvgIpc) is 3.46. The lowest BCUT2D eigenvalue weighted by Crippen LogP contribution is -2.31. The molecule has 0 bridgehead atoms. The van der Waals surface area contributed by atoms with Gasteiger partial charge in [0.05, 0.1) is 5.75 Å². The van der Waals surface area contributed by atoms with Crippen molar-refractivity contribution in [1.29, 1.82) is 0 Å². The summed E-state index contributed by atoms with van der Waals surface area (Å²) in [6.45, 7) is 0.233. The summed E-state index contributed by atoms with van der Waals surface area (Å²) >= 11 is 0. The molecule has 2 atom stereocenters. The van der Waals surface area contributed by atoms with E-state index in [-0.39, 0.29) is 36.6 Å². The molecule has 7 heteroatoms. The van der Waals surface area contributed by atoms with Crippen LogP contribution in [0.1, 0.15) is 35.4 Å².